The second-order valence-corrected chi connectivity index (χ2v) is 6.74. The molecule has 0 aliphatic carbocycles. The Bertz CT molecular complexity index is 726. The van der Waals surface area contributed by atoms with Crippen LogP contribution in [-0.4, -0.2) is 46.6 Å². The number of amides is 1. The van der Waals surface area contributed by atoms with Gasteiger partial charge in [-0.2, -0.15) is 0 Å². The number of aryl methyl sites for hydroxylation is 3. The molecule has 3 rings (SSSR count). The lowest BCUT2D eigenvalue weighted by Gasteiger charge is -2.33. The number of carbonyl (C=O) groups is 1. The third kappa shape index (κ3) is 2.50. The Kier molecular flexibility index (Phi) is 4.14. The van der Waals surface area contributed by atoms with Gasteiger partial charge in [0.05, 0.1) is 24.1 Å². The van der Waals surface area contributed by atoms with Crippen LogP contribution in [0.1, 0.15) is 40.6 Å². The van der Waals surface area contributed by atoms with Crippen molar-refractivity contribution in [2.75, 3.05) is 19.8 Å². The molecule has 118 valence electrons. The summed E-state index contributed by atoms with van der Waals surface area (Å²) in [5.74, 6) is 0.929. The van der Waals surface area contributed by atoms with E-state index in [1.807, 2.05) is 32.6 Å². The van der Waals surface area contributed by atoms with Gasteiger partial charge in [0.1, 0.15) is 10.7 Å². The molecule has 0 saturated carbocycles. The molecule has 2 aromatic heterocycles. The number of nitrogens with zero attached hydrogens (tertiary/aromatic N) is 3. The molecule has 1 fully saturated rings. The molecule has 22 heavy (non-hydrogen) atoms. The highest BCUT2D eigenvalue weighted by atomic mass is 32.1. The van der Waals surface area contributed by atoms with E-state index in [-0.39, 0.29) is 11.9 Å². The maximum absolute atomic E-state index is 12.9. The Morgan fingerprint density at radius 1 is 1.41 bits per heavy atom. The number of rotatable bonds is 2. The fraction of sp³-hybridized carbons (Fsp3) is 0.562. The average Bonchev–Trinajstić information content (AvgIpc) is 2.84. The summed E-state index contributed by atoms with van der Waals surface area (Å²) in [6.07, 6.45) is 0.803. The number of morpholine rings is 1. The Morgan fingerprint density at radius 2 is 2.18 bits per heavy atom. The van der Waals surface area contributed by atoms with Crippen LogP contribution in [0, 0.1) is 13.8 Å². The van der Waals surface area contributed by atoms with Crippen LogP contribution in [0.25, 0.3) is 10.2 Å². The fourth-order valence-electron chi connectivity index (χ4n) is 2.92. The fourth-order valence-corrected chi connectivity index (χ4v) is 4.12. The van der Waals surface area contributed by atoms with Crippen LogP contribution in [0.3, 0.4) is 0 Å². The molecule has 5 nitrogen and oxygen atoms in total. The molecule has 1 saturated heterocycles. The van der Waals surface area contributed by atoms with Crippen LogP contribution in [0.15, 0.2) is 0 Å². The van der Waals surface area contributed by atoms with E-state index < -0.39 is 0 Å². The summed E-state index contributed by atoms with van der Waals surface area (Å²) in [5, 5.41) is 1.03. The van der Waals surface area contributed by atoms with Gasteiger partial charge in [-0.25, -0.2) is 9.97 Å². The second kappa shape index (κ2) is 5.93. The van der Waals surface area contributed by atoms with Crippen molar-refractivity contribution in [2.45, 2.75) is 40.2 Å². The van der Waals surface area contributed by atoms with E-state index in [0.29, 0.717) is 19.8 Å². The molecule has 0 bridgehead atoms. The summed E-state index contributed by atoms with van der Waals surface area (Å²) in [4.78, 5) is 25.6. The molecule has 1 aliphatic rings. The molecule has 1 amide bonds. The third-order valence-corrected chi connectivity index (χ3v) is 5.33. The van der Waals surface area contributed by atoms with E-state index in [0.717, 1.165) is 38.6 Å². The van der Waals surface area contributed by atoms with Crippen LogP contribution < -0.4 is 0 Å². The van der Waals surface area contributed by atoms with Crippen molar-refractivity contribution in [3.63, 3.8) is 0 Å². The maximum Gasteiger partial charge on any atom is 0.264 e. The van der Waals surface area contributed by atoms with Crippen LogP contribution in [0.5, 0.6) is 0 Å². The SMILES string of the molecule is CCc1nc(C)c2c(C)c(C(=O)N3CCOC[C@@H]3C)sc2n1. The van der Waals surface area contributed by atoms with E-state index in [2.05, 4.69) is 9.97 Å². The van der Waals surface area contributed by atoms with Gasteiger partial charge in [-0.05, 0) is 26.3 Å². The van der Waals surface area contributed by atoms with Crippen LogP contribution in [0.4, 0.5) is 0 Å². The van der Waals surface area contributed by atoms with Crippen LogP contribution in [0.2, 0.25) is 0 Å². The van der Waals surface area contributed by atoms with Gasteiger partial charge in [0, 0.05) is 24.0 Å². The monoisotopic (exact) mass is 319 g/mol. The summed E-state index contributed by atoms with van der Waals surface area (Å²) >= 11 is 1.49. The second-order valence-electron chi connectivity index (χ2n) is 5.74. The van der Waals surface area contributed by atoms with E-state index >= 15 is 0 Å². The number of hydrogen-bond acceptors (Lipinski definition) is 5. The molecular weight excluding hydrogens is 298 g/mol. The highest BCUT2D eigenvalue weighted by Gasteiger charge is 2.28. The number of fused-ring (bicyclic) bond motifs is 1. The van der Waals surface area contributed by atoms with Crippen molar-refractivity contribution in [3.05, 3.63) is 22.0 Å². The lowest BCUT2D eigenvalue weighted by atomic mass is 10.1. The Labute approximate surface area is 134 Å². The molecule has 0 unspecified atom stereocenters. The van der Waals surface area contributed by atoms with Crippen molar-refractivity contribution in [1.29, 1.82) is 0 Å². The molecule has 3 heterocycles. The zero-order valence-corrected chi connectivity index (χ0v) is 14.3. The van der Waals surface area contributed by atoms with Crippen molar-refractivity contribution < 1.29 is 9.53 Å². The van der Waals surface area contributed by atoms with Crippen molar-refractivity contribution in [1.82, 2.24) is 14.9 Å². The Morgan fingerprint density at radius 3 is 2.86 bits per heavy atom. The zero-order chi connectivity index (χ0) is 15.9. The van der Waals surface area contributed by atoms with Gasteiger partial charge in [-0.3, -0.25) is 4.79 Å². The van der Waals surface area contributed by atoms with Gasteiger partial charge in [0.2, 0.25) is 0 Å². The van der Waals surface area contributed by atoms with E-state index in [1.54, 1.807) is 0 Å². The number of carbonyl (C=O) groups excluding carboxylic acids is 1. The van der Waals surface area contributed by atoms with Crippen LogP contribution in [-0.2, 0) is 11.2 Å². The predicted molar refractivity (Wildman–Crippen MR) is 87.6 cm³/mol. The first-order chi connectivity index (χ1) is 10.5. The number of ether oxygens (including phenoxy) is 1. The van der Waals surface area contributed by atoms with Crippen molar-refractivity contribution >= 4 is 27.5 Å². The largest absolute Gasteiger partial charge is 0.377 e. The quantitative estimate of drug-likeness (QED) is 0.854. The highest BCUT2D eigenvalue weighted by Crippen LogP contribution is 2.32. The lowest BCUT2D eigenvalue weighted by molar-refractivity contribution is 0.00384. The minimum Gasteiger partial charge on any atom is -0.377 e. The molecule has 1 atom stereocenters. The number of thiophene rings is 1. The Balaban J connectivity index is 2.05. The Hall–Kier alpha value is -1.53. The van der Waals surface area contributed by atoms with E-state index in [4.69, 9.17) is 4.74 Å². The average molecular weight is 319 g/mol. The van der Waals surface area contributed by atoms with Crippen LogP contribution >= 0.6 is 11.3 Å². The van der Waals surface area contributed by atoms with Gasteiger partial charge in [0.15, 0.2) is 0 Å². The molecule has 0 aromatic carbocycles. The van der Waals surface area contributed by atoms with E-state index in [9.17, 15) is 4.79 Å². The van der Waals surface area contributed by atoms with Gasteiger partial charge >= 0.3 is 0 Å². The zero-order valence-electron chi connectivity index (χ0n) is 13.5. The molecule has 2 aromatic rings. The lowest BCUT2D eigenvalue weighted by Crippen LogP contribution is -2.47. The molecule has 0 spiro atoms. The molecule has 0 N–H and O–H groups in total. The summed E-state index contributed by atoms with van der Waals surface area (Å²) < 4.78 is 5.42. The first-order valence-electron chi connectivity index (χ1n) is 7.68. The third-order valence-electron chi connectivity index (χ3n) is 4.16. The van der Waals surface area contributed by atoms with Gasteiger partial charge in [0.25, 0.3) is 5.91 Å². The first-order valence-corrected chi connectivity index (χ1v) is 8.49. The molecule has 0 radical (unpaired) electrons. The van der Waals surface area contributed by atoms with Crippen molar-refractivity contribution in [2.24, 2.45) is 0 Å². The van der Waals surface area contributed by atoms with Gasteiger partial charge in [-0.15, -0.1) is 11.3 Å². The van der Waals surface area contributed by atoms with Gasteiger partial charge in [-0.1, -0.05) is 6.92 Å². The minimum absolute atomic E-state index is 0.0914. The molecular formula is C16H21N3O2S. The minimum atomic E-state index is 0.0914. The normalized spacial score (nSPS) is 18.9. The summed E-state index contributed by atoms with van der Waals surface area (Å²) in [6.45, 7) is 9.93. The maximum atomic E-state index is 12.9. The number of hydrogen-bond donors (Lipinski definition) is 0. The smallest absolute Gasteiger partial charge is 0.264 e. The standard InChI is InChI=1S/C16H21N3O2S/c1-5-12-17-11(4)13-10(3)14(22-15(13)18-12)16(20)19-6-7-21-8-9(19)2/h9H,5-8H2,1-4H3/t9-/m0/s1. The highest BCUT2D eigenvalue weighted by molar-refractivity contribution is 7.20. The predicted octanol–water partition coefficient (Wildman–Crippen LogP) is 2.73. The first kappa shape index (κ1) is 15.4. The summed E-state index contributed by atoms with van der Waals surface area (Å²) in [5.41, 5.74) is 1.97. The number of aromatic nitrogens is 2. The summed E-state index contributed by atoms with van der Waals surface area (Å²) in [6, 6.07) is 0.115. The molecule has 1 aliphatic heterocycles. The summed E-state index contributed by atoms with van der Waals surface area (Å²) in [7, 11) is 0. The van der Waals surface area contributed by atoms with Gasteiger partial charge < -0.3 is 9.64 Å². The topological polar surface area (TPSA) is 55.3 Å². The van der Waals surface area contributed by atoms with Crippen molar-refractivity contribution in [3.8, 4) is 0 Å². The van der Waals surface area contributed by atoms with E-state index in [1.165, 1.54) is 11.3 Å². The molecule has 6 heteroatoms.